The van der Waals surface area contributed by atoms with Crippen molar-refractivity contribution in [2.24, 2.45) is 5.92 Å². The second-order valence-corrected chi connectivity index (χ2v) is 4.83. The number of ether oxygens (including phenoxy) is 1. The van der Waals surface area contributed by atoms with Crippen molar-refractivity contribution >= 4 is 11.4 Å². The molecule has 0 fully saturated rings. The first-order valence-corrected chi connectivity index (χ1v) is 6.29. The Morgan fingerprint density at radius 3 is 2.65 bits per heavy atom. The number of hydrogen-bond donors (Lipinski definition) is 2. The van der Waals surface area contributed by atoms with Gasteiger partial charge in [-0.2, -0.15) is 4.39 Å². The van der Waals surface area contributed by atoms with Crippen LogP contribution in [0.25, 0.3) is 0 Å². The Hall–Kier alpha value is -1.89. The smallest absolute Gasteiger partial charge is 0.327 e. The van der Waals surface area contributed by atoms with Gasteiger partial charge in [0.05, 0.1) is 18.1 Å². The molecule has 2 unspecified atom stereocenters. The molecule has 2 atom stereocenters. The maximum atomic E-state index is 13.7. The highest BCUT2D eigenvalue weighted by Crippen LogP contribution is 2.32. The van der Waals surface area contributed by atoms with Gasteiger partial charge in [-0.05, 0) is 19.3 Å². The zero-order valence-corrected chi connectivity index (χ0v) is 11.7. The van der Waals surface area contributed by atoms with Crippen LogP contribution in [0.1, 0.15) is 20.3 Å². The third-order valence-corrected chi connectivity index (χ3v) is 2.84. The van der Waals surface area contributed by atoms with Gasteiger partial charge in [-0.15, -0.1) is 0 Å². The number of methoxy groups -OCH3 is 1. The lowest BCUT2D eigenvalue weighted by Crippen LogP contribution is -2.17. The van der Waals surface area contributed by atoms with Crippen molar-refractivity contribution in [2.45, 2.75) is 26.4 Å². The maximum absolute atomic E-state index is 13.7. The summed E-state index contributed by atoms with van der Waals surface area (Å²) in [6.07, 6.45) is 0.0941. The summed E-state index contributed by atoms with van der Waals surface area (Å²) in [7, 11) is 1.36. The second-order valence-electron chi connectivity index (χ2n) is 4.83. The van der Waals surface area contributed by atoms with Crippen LogP contribution in [0.4, 0.5) is 15.8 Å². The molecule has 7 heteroatoms. The van der Waals surface area contributed by atoms with Crippen LogP contribution in [0, 0.1) is 21.8 Å². The Labute approximate surface area is 116 Å². The zero-order valence-electron chi connectivity index (χ0n) is 11.7. The highest BCUT2D eigenvalue weighted by atomic mass is 19.1. The van der Waals surface area contributed by atoms with Gasteiger partial charge < -0.3 is 15.2 Å². The van der Waals surface area contributed by atoms with Crippen molar-refractivity contribution in [3.8, 4) is 5.75 Å². The predicted octanol–water partition coefficient (Wildman–Crippen LogP) is 2.56. The number of rotatable bonds is 7. The highest BCUT2D eigenvalue weighted by Gasteiger charge is 2.22. The first kappa shape index (κ1) is 16.2. The third-order valence-electron chi connectivity index (χ3n) is 2.84. The van der Waals surface area contributed by atoms with Crippen LogP contribution in [-0.4, -0.2) is 29.8 Å². The normalized spacial score (nSPS) is 13.7. The number of aliphatic hydroxyl groups is 1. The second kappa shape index (κ2) is 7.04. The van der Waals surface area contributed by atoms with Crippen LogP contribution in [0.5, 0.6) is 5.75 Å². The lowest BCUT2D eigenvalue weighted by molar-refractivity contribution is -0.386. The van der Waals surface area contributed by atoms with Crippen LogP contribution in [0.3, 0.4) is 0 Å². The molecule has 1 aromatic rings. The van der Waals surface area contributed by atoms with E-state index < -0.39 is 22.5 Å². The number of halogens is 1. The van der Waals surface area contributed by atoms with Crippen molar-refractivity contribution in [3.63, 3.8) is 0 Å². The SMILES string of the molecule is COc1cc(F)c([N+](=O)[O-])c(NCC(C)CC(C)O)c1. The average Bonchev–Trinajstić information content (AvgIpc) is 2.34. The van der Waals surface area contributed by atoms with Gasteiger partial charge in [0.1, 0.15) is 11.4 Å². The first-order valence-electron chi connectivity index (χ1n) is 6.29. The molecule has 112 valence electrons. The van der Waals surface area contributed by atoms with E-state index in [-0.39, 0.29) is 17.4 Å². The minimum Gasteiger partial charge on any atom is -0.497 e. The predicted molar refractivity (Wildman–Crippen MR) is 73.6 cm³/mol. The van der Waals surface area contributed by atoms with Gasteiger partial charge >= 0.3 is 5.69 Å². The van der Waals surface area contributed by atoms with Crippen molar-refractivity contribution in [3.05, 3.63) is 28.1 Å². The van der Waals surface area contributed by atoms with Crippen molar-refractivity contribution in [1.82, 2.24) is 0 Å². The van der Waals surface area contributed by atoms with Gasteiger partial charge in [-0.3, -0.25) is 10.1 Å². The van der Waals surface area contributed by atoms with Crippen molar-refractivity contribution < 1.29 is 19.2 Å². The number of nitro groups is 1. The van der Waals surface area contributed by atoms with E-state index in [1.54, 1.807) is 6.92 Å². The molecule has 0 saturated heterocycles. The van der Waals surface area contributed by atoms with Gasteiger partial charge in [0.2, 0.25) is 5.82 Å². The number of aliphatic hydroxyl groups excluding tert-OH is 1. The Bertz CT molecular complexity index is 480. The molecular formula is C13H19FN2O4. The number of nitrogens with one attached hydrogen (secondary N) is 1. The topological polar surface area (TPSA) is 84.6 Å². The number of benzene rings is 1. The summed E-state index contributed by atoms with van der Waals surface area (Å²) < 4.78 is 18.6. The Balaban J connectivity index is 2.92. The van der Waals surface area contributed by atoms with Crippen LogP contribution >= 0.6 is 0 Å². The monoisotopic (exact) mass is 286 g/mol. The first-order chi connectivity index (χ1) is 9.35. The molecule has 0 aliphatic heterocycles. The average molecular weight is 286 g/mol. The quantitative estimate of drug-likeness (QED) is 0.594. The summed E-state index contributed by atoms with van der Waals surface area (Å²) in [4.78, 5) is 10.1. The largest absolute Gasteiger partial charge is 0.497 e. The Morgan fingerprint density at radius 2 is 2.15 bits per heavy atom. The fourth-order valence-corrected chi connectivity index (χ4v) is 1.96. The van der Waals surface area contributed by atoms with Crippen molar-refractivity contribution in [1.29, 1.82) is 0 Å². The summed E-state index contributed by atoms with van der Waals surface area (Å²) >= 11 is 0. The van der Waals surface area contributed by atoms with E-state index in [9.17, 15) is 19.6 Å². The molecule has 0 saturated carbocycles. The van der Waals surface area contributed by atoms with Crippen LogP contribution in [0.15, 0.2) is 12.1 Å². The molecule has 1 rings (SSSR count). The van der Waals surface area contributed by atoms with Gasteiger partial charge in [-0.25, -0.2) is 0 Å². The number of nitro benzene ring substituents is 1. The zero-order chi connectivity index (χ0) is 15.3. The molecule has 1 aromatic carbocycles. The molecule has 0 radical (unpaired) electrons. The highest BCUT2D eigenvalue weighted by molar-refractivity contribution is 5.65. The molecule has 6 nitrogen and oxygen atoms in total. The van der Waals surface area contributed by atoms with Crippen LogP contribution in [0.2, 0.25) is 0 Å². The van der Waals surface area contributed by atoms with Gasteiger partial charge in [-0.1, -0.05) is 6.92 Å². The van der Waals surface area contributed by atoms with Crippen LogP contribution < -0.4 is 10.1 Å². The van der Waals surface area contributed by atoms with Gasteiger partial charge in [0, 0.05) is 18.7 Å². The molecule has 0 amide bonds. The molecule has 0 bridgehead atoms. The summed E-state index contributed by atoms with van der Waals surface area (Å²) in [5.74, 6) is -0.650. The van der Waals surface area contributed by atoms with E-state index in [0.717, 1.165) is 6.07 Å². The molecule has 20 heavy (non-hydrogen) atoms. The molecule has 0 aliphatic rings. The summed E-state index contributed by atoms with van der Waals surface area (Å²) in [6.45, 7) is 3.95. The van der Waals surface area contributed by atoms with E-state index in [0.29, 0.717) is 13.0 Å². The summed E-state index contributed by atoms with van der Waals surface area (Å²) in [5.41, 5.74) is -0.528. The molecule has 0 aromatic heterocycles. The molecule has 0 aliphatic carbocycles. The molecule has 0 spiro atoms. The van der Waals surface area contributed by atoms with E-state index in [1.807, 2.05) is 6.92 Å². The number of hydrogen-bond acceptors (Lipinski definition) is 5. The van der Waals surface area contributed by atoms with E-state index >= 15 is 0 Å². The van der Waals surface area contributed by atoms with E-state index in [4.69, 9.17) is 4.74 Å². The van der Waals surface area contributed by atoms with E-state index in [2.05, 4.69) is 5.32 Å². The lowest BCUT2D eigenvalue weighted by Gasteiger charge is -2.15. The van der Waals surface area contributed by atoms with E-state index in [1.165, 1.54) is 13.2 Å². The van der Waals surface area contributed by atoms with Gasteiger partial charge in [0.25, 0.3) is 0 Å². The molecule has 0 heterocycles. The maximum Gasteiger partial charge on any atom is 0.327 e. The number of nitrogens with zero attached hydrogens (tertiary/aromatic N) is 1. The van der Waals surface area contributed by atoms with Crippen LogP contribution in [-0.2, 0) is 0 Å². The van der Waals surface area contributed by atoms with Gasteiger partial charge in [0.15, 0.2) is 0 Å². The molecular weight excluding hydrogens is 267 g/mol. The Kier molecular flexibility index (Phi) is 5.69. The number of anilines is 1. The lowest BCUT2D eigenvalue weighted by atomic mass is 10.0. The fraction of sp³-hybridized carbons (Fsp3) is 0.538. The summed E-state index contributed by atoms with van der Waals surface area (Å²) in [5, 5.41) is 23.0. The third kappa shape index (κ3) is 4.34. The van der Waals surface area contributed by atoms with Crippen molar-refractivity contribution in [2.75, 3.05) is 19.0 Å². The fourth-order valence-electron chi connectivity index (χ4n) is 1.96. The Morgan fingerprint density at radius 1 is 1.50 bits per heavy atom. The standard InChI is InChI=1S/C13H19FN2O4/c1-8(4-9(2)17)7-15-12-6-10(20-3)5-11(14)13(12)16(18)19/h5-6,8-9,15,17H,4,7H2,1-3H3. The minimum atomic E-state index is -0.944. The molecule has 2 N–H and O–H groups in total. The minimum absolute atomic E-state index is 0.0734. The summed E-state index contributed by atoms with van der Waals surface area (Å²) in [6, 6.07) is 2.36.